The molecule has 21 heavy (non-hydrogen) atoms. The Morgan fingerprint density at radius 3 is 2.71 bits per heavy atom. The van der Waals surface area contributed by atoms with Crippen molar-refractivity contribution in [1.29, 1.82) is 0 Å². The van der Waals surface area contributed by atoms with Gasteiger partial charge in [-0.15, -0.1) is 0 Å². The van der Waals surface area contributed by atoms with Crippen LogP contribution in [0.1, 0.15) is 16.8 Å². The molecule has 0 aliphatic heterocycles. The van der Waals surface area contributed by atoms with Crippen LogP contribution in [-0.4, -0.2) is 18.2 Å². The molecule has 0 aliphatic rings. The second kappa shape index (κ2) is 6.27. The molecular formula is C13H17BrN4O2S. The van der Waals surface area contributed by atoms with Gasteiger partial charge in [0.05, 0.1) is 17.1 Å². The van der Waals surface area contributed by atoms with Gasteiger partial charge in [-0.2, -0.15) is 5.10 Å². The predicted octanol–water partition coefficient (Wildman–Crippen LogP) is 1.43. The van der Waals surface area contributed by atoms with Crippen LogP contribution in [0.2, 0.25) is 0 Å². The molecule has 114 valence electrons. The summed E-state index contributed by atoms with van der Waals surface area (Å²) in [6.07, 6.45) is 1.62. The zero-order valence-corrected chi connectivity index (χ0v) is 14.2. The maximum Gasteiger partial charge on any atom is 0.242 e. The maximum atomic E-state index is 12.5. The Balaban J connectivity index is 2.31. The minimum Gasteiger partial charge on any atom is -0.326 e. The largest absolute Gasteiger partial charge is 0.326 e. The highest BCUT2D eigenvalue weighted by Gasteiger charge is 2.20. The summed E-state index contributed by atoms with van der Waals surface area (Å²) in [6, 6.07) is 5.21. The lowest BCUT2D eigenvalue weighted by Crippen LogP contribution is -2.25. The van der Waals surface area contributed by atoms with Gasteiger partial charge in [0.2, 0.25) is 10.0 Å². The van der Waals surface area contributed by atoms with Gasteiger partial charge in [0.1, 0.15) is 0 Å². The first-order valence-electron chi connectivity index (χ1n) is 6.31. The van der Waals surface area contributed by atoms with E-state index in [0.717, 1.165) is 16.8 Å². The zero-order valence-electron chi connectivity index (χ0n) is 11.8. The fraction of sp³-hybridized carbons (Fsp3) is 0.308. The molecule has 1 heterocycles. The summed E-state index contributed by atoms with van der Waals surface area (Å²) in [5.74, 6) is 0. The van der Waals surface area contributed by atoms with E-state index in [4.69, 9.17) is 5.73 Å². The number of hydrogen-bond donors (Lipinski definition) is 2. The maximum absolute atomic E-state index is 12.5. The average Bonchev–Trinajstić information content (AvgIpc) is 2.84. The molecule has 1 aromatic carbocycles. The molecule has 0 saturated heterocycles. The van der Waals surface area contributed by atoms with Crippen LogP contribution in [0.4, 0.5) is 0 Å². The van der Waals surface area contributed by atoms with Crippen LogP contribution in [0.25, 0.3) is 0 Å². The van der Waals surface area contributed by atoms with Crippen molar-refractivity contribution >= 4 is 26.0 Å². The summed E-state index contributed by atoms with van der Waals surface area (Å²) in [5.41, 5.74) is 8.00. The SMILES string of the molecule is Cc1cc(CN)cc(S(=O)(=O)NCc2ccnn2C)c1Br. The van der Waals surface area contributed by atoms with Crippen molar-refractivity contribution in [1.82, 2.24) is 14.5 Å². The number of aromatic nitrogens is 2. The topological polar surface area (TPSA) is 90.0 Å². The third-order valence-electron chi connectivity index (χ3n) is 3.17. The van der Waals surface area contributed by atoms with Crippen molar-refractivity contribution in [2.75, 3.05) is 0 Å². The monoisotopic (exact) mass is 372 g/mol. The summed E-state index contributed by atoms with van der Waals surface area (Å²) < 4.78 is 29.7. The highest BCUT2D eigenvalue weighted by atomic mass is 79.9. The van der Waals surface area contributed by atoms with Crippen molar-refractivity contribution in [3.8, 4) is 0 Å². The smallest absolute Gasteiger partial charge is 0.242 e. The van der Waals surface area contributed by atoms with E-state index in [1.807, 2.05) is 13.0 Å². The van der Waals surface area contributed by atoms with E-state index in [-0.39, 0.29) is 11.4 Å². The van der Waals surface area contributed by atoms with Gasteiger partial charge >= 0.3 is 0 Å². The molecule has 1 aromatic heterocycles. The van der Waals surface area contributed by atoms with Gasteiger partial charge < -0.3 is 5.73 Å². The van der Waals surface area contributed by atoms with E-state index in [1.54, 1.807) is 30.1 Å². The summed E-state index contributed by atoms with van der Waals surface area (Å²) in [5, 5.41) is 4.01. The number of nitrogens with two attached hydrogens (primary N) is 1. The number of rotatable bonds is 5. The third-order valence-corrected chi connectivity index (χ3v) is 5.91. The minimum atomic E-state index is -3.63. The molecule has 0 saturated carbocycles. The molecule has 0 radical (unpaired) electrons. The van der Waals surface area contributed by atoms with Gasteiger partial charge in [-0.1, -0.05) is 6.07 Å². The molecule has 0 amide bonds. The summed E-state index contributed by atoms with van der Waals surface area (Å²) >= 11 is 3.34. The lowest BCUT2D eigenvalue weighted by molar-refractivity contribution is 0.576. The molecule has 6 nitrogen and oxygen atoms in total. The lowest BCUT2D eigenvalue weighted by Gasteiger charge is -2.12. The fourth-order valence-electron chi connectivity index (χ4n) is 1.94. The zero-order chi connectivity index (χ0) is 15.6. The normalized spacial score (nSPS) is 11.8. The molecule has 0 unspecified atom stereocenters. The van der Waals surface area contributed by atoms with Crippen molar-refractivity contribution in [3.63, 3.8) is 0 Å². The van der Waals surface area contributed by atoms with Gasteiger partial charge in [-0.25, -0.2) is 13.1 Å². The van der Waals surface area contributed by atoms with Crippen LogP contribution < -0.4 is 10.5 Å². The molecule has 0 atom stereocenters. The number of sulfonamides is 1. The summed E-state index contributed by atoms with van der Waals surface area (Å²) in [6.45, 7) is 2.30. The Kier molecular flexibility index (Phi) is 4.82. The molecule has 3 N–H and O–H groups in total. The van der Waals surface area contributed by atoms with Crippen LogP contribution >= 0.6 is 15.9 Å². The van der Waals surface area contributed by atoms with Crippen LogP contribution in [0, 0.1) is 6.92 Å². The van der Waals surface area contributed by atoms with E-state index in [9.17, 15) is 8.42 Å². The Morgan fingerprint density at radius 2 is 2.14 bits per heavy atom. The fourth-order valence-corrected chi connectivity index (χ4v) is 4.01. The number of aryl methyl sites for hydroxylation is 2. The van der Waals surface area contributed by atoms with E-state index in [0.29, 0.717) is 11.0 Å². The number of halogens is 1. The molecule has 0 fully saturated rings. The molecule has 0 aliphatic carbocycles. The molecule has 0 bridgehead atoms. The molecule has 2 aromatic rings. The Bertz CT molecular complexity index is 756. The lowest BCUT2D eigenvalue weighted by atomic mass is 10.1. The second-order valence-electron chi connectivity index (χ2n) is 4.70. The summed E-state index contributed by atoms with van der Waals surface area (Å²) in [4.78, 5) is 0.199. The number of nitrogens with zero attached hydrogens (tertiary/aromatic N) is 2. The predicted molar refractivity (Wildman–Crippen MR) is 84.0 cm³/mol. The van der Waals surface area contributed by atoms with Gasteiger partial charge in [0.15, 0.2) is 0 Å². The van der Waals surface area contributed by atoms with Crippen molar-refractivity contribution in [2.45, 2.75) is 24.9 Å². The first kappa shape index (κ1) is 16.2. The quantitative estimate of drug-likeness (QED) is 0.830. The van der Waals surface area contributed by atoms with Crippen LogP contribution in [0.5, 0.6) is 0 Å². The van der Waals surface area contributed by atoms with E-state index < -0.39 is 10.0 Å². The van der Waals surface area contributed by atoms with Crippen LogP contribution in [-0.2, 0) is 30.2 Å². The first-order chi connectivity index (χ1) is 9.85. The van der Waals surface area contributed by atoms with Gasteiger partial charge in [0.25, 0.3) is 0 Å². The van der Waals surface area contributed by atoms with E-state index >= 15 is 0 Å². The van der Waals surface area contributed by atoms with Gasteiger partial charge in [-0.3, -0.25) is 4.68 Å². The first-order valence-corrected chi connectivity index (χ1v) is 8.58. The Labute approximate surface area is 132 Å². The highest BCUT2D eigenvalue weighted by Crippen LogP contribution is 2.27. The standard InChI is InChI=1S/C13H17BrN4O2S/c1-9-5-10(7-15)6-12(13(9)14)21(19,20)17-8-11-3-4-16-18(11)2/h3-6,17H,7-8,15H2,1-2H3. The van der Waals surface area contributed by atoms with Crippen LogP contribution in [0.3, 0.4) is 0 Å². The van der Waals surface area contributed by atoms with Gasteiger partial charge in [-0.05, 0) is 46.1 Å². The van der Waals surface area contributed by atoms with E-state index in [2.05, 4.69) is 25.8 Å². The molecule has 2 rings (SSSR count). The van der Waals surface area contributed by atoms with Gasteiger partial charge in [0, 0.05) is 24.3 Å². The average molecular weight is 373 g/mol. The van der Waals surface area contributed by atoms with Crippen molar-refractivity contribution in [2.24, 2.45) is 12.8 Å². The molecule has 8 heteroatoms. The van der Waals surface area contributed by atoms with Crippen LogP contribution in [0.15, 0.2) is 33.8 Å². The van der Waals surface area contributed by atoms with Crippen molar-refractivity contribution < 1.29 is 8.42 Å². The van der Waals surface area contributed by atoms with E-state index in [1.165, 1.54) is 0 Å². The minimum absolute atomic E-state index is 0.178. The third kappa shape index (κ3) is 3.52. The number of nitrogens with one attached hydrogen (secondary N) is 1. The molecule has 0 spiro atoms. The Morgan fingerprint density at radius 1 is 1.43 bits per heavy atom. The van der Waals surface area contributed by atoms with Crippen molar-refractivity contribution in [3.05, 3.63) is 45.7 Å². The second-order valence-corrected chi connectivity index (χ2v) is 7.23. The summed E-state index contributed by atoms with van der Waals surface area (Å²) in [7, 11) is -1.87. The number of benzene rings is 1. The Hall–Kier alpha value is -1.22. The molecular weight excluding hydrogens is 356 g/mol. The highest BCUT2D eigenvalue weighted by molar-refractivity contribution is 9.10. The number of hydrogen-bond acceptors (Lipinski definition) is 4.